The summed E-state index contributed by atoms with van der Waals surface area (Å²) < 4.78 is 40.4. The van der Waals surface area contributed by atoms with Gasteiger partial charge in [-0.25, -0.2) is 4.68 Å². The van der Waals surface area contributed by atoms with E-state index in [0.29, 0.717) is 17.7 Å². The van der Waals surface area contributed by atoms with Crippen LogP contribution < -0.4 is 5.84 Å². The van der Waals surface area contributed by atoms with Gasteiger partial charge in [0.05, 0.1) is 20.5 Å². The Morgan fingerprint density at radius 3 is 2.39 bits per heavy atom. The van der Waals surface area contributed by atoms with E-state index in [1.54, 1.807) is 6.07 Å². The number of benzene rings is 2. The van der Waals surface area contributed by atoms with Gasteiger partial charge in [-0.1, -0.05) is 23.2 Å². The van der Waals surface area contributed by atoms with E-state index in [1.807, 2.05) is 0 Å². The highest BCUT2D eigenvalue weighted by Gasteiger charge is 2.33. The normalized spacial score (nSPS) is 11.6. The van der Waals surface area contributed by atoms with E-state index in [9.17, 15) is 23.3 Å². The Morgan fingerprint density at radius 2 is 1.82 bits per heavy atom. The maximum atomic E-state index is 12.9. The van der Waals surface area contributed by atoms with Crippen LogP contribution in [0.5, 0.6) is 0 Å². The molecule has 13 heteroatoms. The molecular weight excluding hydrogens is 442 g/mol. The van der Waals surface area contributed by atoms with Crippen LogP contribution in [0.25, 0.3) is 17.1 Å². The van der Waals surface area contributed by atoms with Crippen LogP contribution in [0.3, 0.4) is 0 Å². The second-order valence-electron chi connectivity index (χ2n) is 5.48. The van der Waals surface area contributed by atoms with Crippen LogP contribution in [0, 0.1) is 14.9 Å². The molecule has 0 fully saturated rings. The van der Waals surface area contributed by atoms with E-state index in [0.717, 1.165) is 15.4 Å². The first kappa shape index (κ1) is 20.1. The predicted molar refractivity (Wildman–Crippen MR) is 99.7 cm³/mol. The summed E-state index contributed by atoms with van der Waals surface area (Å²) in [5.74, 6) is 5.97. The largest absolute Gasteiger partial charge is 0.416 e. The minimum atomic E-state index is -4.75. The van der Waals surface area contributed by atoms with Crippen LogP contribution in [0.4, 0.5) is 18.9 Å². The van der Waals surface area contributed by atoms with E-state index in [-0.39, 0.29) is 26.3 Å². The zero-order valence-corrected chi connectivity index (χ0v) is 15.8. The van der Waals surface area contributed by atoms with Crippen molar-refractivity contribution in [1.29, 1.82) is 0 Å². The first-order chi connectivity index (χ1) is 13.0. The lowest BCUT2D eigenvalue weighted by Gasteiger charge is -2.08. The summed E-state index contributed by atoms with van der Waals surface area (Å²) in [6.07, 6.45) is -4.75. The van der Waals surface area contributed by atoms with E-state index >= 15 is 0 Å². The molecule has 0 saturated heterocycles. The minimum Gasteiger partial charge on any atom is -0.335 e. The number of nitro groups is 1. The fourth-order valence-corrected chi connectivity index (χ4v) is 2.92. The minimum absolute atomic E-state index is 0.0813. The second-order valence-corrected chi connectivity index (χ2v) is 6.65. The Labute approximate surface area is 169 Å². The maximum Gasteiger partial charge on any atom is 0.416 e. The van der Waals surface area contributed by atoms with Crippen LogP contribution in [0.1, 0.15) is 5.56 Å². The number of rotatable bonds is 3. The van der Waals surface area contributed by atoms with Gasteiger partial charge in [-0.05, 0) is 42.5 Å². The van der Waals surface area contributed by atoms with Crippen molar-refractivity contribution in [3.63, 3.8) is 0 Å². The van der Waals surface area contributed by atoms with Crippen LogP contribution in [-0.2, 0) is 6.18 Å². The molecule has 146 valence electrons. The molecule has 0 amide bonds. The molecule has 0 bridgehead atoms. The van der Waals surface area contributed by atoms with Gasteiger partial charge >= 0.3 is 6.18 Å². The smallest absolute Gasteiger partial charge is 0.335 e. The van der Waals surface area contributed by atoms with Crippen molar-refractivity contribution in [3.05, 3.63) is 66.9 Å². The van der Waals surface area contributed by atoms with Crippen molar-refractivity contribution in [2.45, 2.75) is 6.18 Å². The van der Waals surface area contributed by atoms with Crippen LogP contribution in [-0.4, -0.2) is 19.4 Å². The SMILES string of the molecule is Nn1c(-c2ccc(Cl)c(Cl)c2)nn(-c2ccc(C(F)(F)F)cc2[N+](=O)[O-])c1=S. The highest BCUT2D eigenvalue weighted by atomic mass is 35.5. The molecule has 7 nitrogen and oxygen atoms in total. The van der Waals surface area contributed by atoms with Gasteiger partial charge in [0.1, 0.15) is 5.69 Å². The van der Waals surface area contributed by atoms with Gasteiger partial charge < -0.3 is 5.84 Å². The number of alkyl halides is 3. The average molecular weight is 450 g/mol. The Hall–Kier alpha value is -2.63. The molecule has 0 aliphatic rings. The molecule has 0 saturated carbocycles. The van der Waals surface area contributed by atoms with Gasteiger partial charge in [0.15, 0.2) is 5.82 Å². The maximum absolute atomic E-state index is 12.9. The third-order valence-corrected chi connectivity index (χ3v) is 4.82. The summed E-state index contributed by atoms with van der Waals surface area (Å²) in [5, 5.41) is 15.9. The third kappa shape index (κ3) is 3.55. The van der Waals surface area contributed by atoms with Crippen molar-refractivity contribution < 1.29 is 18.1 Å². The van der Waals surface area contributed by atoms with Gasteiger partial charge in [0.25, 0.3) is 5.69 Å². The number of hydrogen-bond donors (Lipinski definition) is 1. The number of nitrogen functional groups attached to an aromatic ring is 1. The van der Waals surface area contributed by atoms with Gasteiger partial charge in [-0.3, -0.25) is 10.1 Å². The summed E-state index contributed by atoms with van der Waals surface area (Å²) in [6.45, 7) is 0. The van der Waals surface area contributed by atoms with Gasteiger partial charge in [0, 0.05) is 11.6 Å². The summed E-state index contributed by atoms with van der Waals surface area (Å²) >= 11 is 17.0. The molecule has 1 heterocycles. The van der Waals surface area contributed by atoms with E-state index < -0.39 is 22.4 Å². The molecule has 0 spiro atoms. The van der Waals surface area contributed by atoms with Crippen molar-refractivity contribution >= 4 is 41.1 Å². The topological polar surface area (TPSA) is 91.9 Å². The first-order valence-corrected chi connectivity index (χ1v) is 8.45. The first-order valence-electron chi connectivity index (χ1n) is 7.29. The average Bonchev–Trinajstić information content (AvgIpc) is 2.91. The second kappa shape index (κ2) is 7.08. The highest BCUT2D eigenvalue weighted by molar-refractivity contribution is 7.71. The van der Waals surface area contributed by atoms with E-state index in [4.69, 9.17) is 41.3 Å². The Kier molecular flexibility index (Phi) is 5.08. The van der Waals surface area contributed by atoms with E-state index in [2.05, 4.69) is 5.10 Å². The summed E-state index contributed by atoms with van der Waals surface area (Å²) in [6, 6.07) is 6.49. The van der Waals surface area contributed by atoms with Crippen molar-refractivity contribution in [2.75, 3.05) is 5.84 Å². The predicted octanol–water partition coefficient (Wildman–Crippen LogP) is 5.02. The third-order valence-electron chi connectivity index (χ3n) is 3.72. The number of nitrogens with two attached hydrogens (primary N) is 1. The van der Waals surface area contributed by atoms with Crippen LogP contribution in [0.2, 0.25) is 10.0 Å². The Bertz CT molecular complexity index is 1160. The number of halogens is 5. The monoisotopic (exact) mass is 449 g/mol. The number of nitro benzene ring substituents is 1. The molecule has 3 rings (SSSR count). The molecule has 0 aliphatic heterocycles. The lowest BCUT2D eigenvalue weighted by Crippen LogP contribution is -2.11. The molecule has 2 aromatic carbocycles. The summed E-state index contributed by atoms with van der Waals surface area (Å²) in [5.41, 5.74) is -1.87. The molecule has 28 heavy (non-hydrogen) atoms. The fourth-order valence-electron chi connectivity index (χ4n) is 2.39. The quantitative estimate of drug-likeness (QED) is 0.262. The molecular formula is C15H8Cl2F3N5O2S. The highest BCUT2D eigenvalue weighted by Crippen LogP contribution is 2.35. The lowest BCUT2D eigenvalue weighted by atomic mass is 10.1. The van der Waals surface area contributed by atoms with E-state index in [1.165, 1.54) is 12.1 Å². The summed E-state index contributed by atoms with van der Waals surface area (Å²) in [7, 11) is 0. The zero-order chi connectivity index (χ0) is 20.8. The molecule has 3 aromatic rings. The number of hydrogen-bond acceptors (Lipinski definition) is 5. The molecule has 0 atom stereocenters. The fraction of sp³-hybridized carbons (Fsp3) is 0.0667. The van der Waals surface area contributed by atoms with Gasteiger partial charge in [0.2, 0.25) is 4.77 Å². The standard InChI is InChI=1S/C15H8Cl2F3N5O2S/c16-9-3-1-7(5-10(9)17)13-22-24(14(28)23(13)21)11-4-2-8(15(18,19)20)6-12(11)25(26)27/h1-6H,21H2. The van der Waals surface area contributed by atoms with Crippen LogP contribution in [0.15, 0.2) is 36.4 Å². The molecule has 2 N–H and O–H groups in total. The molecule has 0 radical (unpaired) electrons. The van der Waals surface area contributed by atoms with Gasteiger partial charge in [-0.2, -0.15) is 17.9 Å². The van der Waals surface area contributed by atoms with Crippen LogP contribution >= 0.6 is 35.4 Å². The Morgan fingerprint density at radius 1 is 1.14 bits per heavy atom. The summed E-state index contributed by atoms with van der Waals surface area (Å²) in [4.78, 5) is 10.4. The Balaban J connectivity index is 2.21. The van der Waals surface area contributed by atoms with Crippen molar-refractivity contribution in [1.82, 2.24) is 14.5 Å². The molecule has 0 aliphatic carbocycles. The van der Waals surface area contributed by atoms with Crippen molar-refractivity contribution in [3.8, 4) is 17.1 Å². The zero-order valence-electron chi connectivity index (χ0n) is 13.4. The van der Waals surface area contributed by atoms with Crippen molar-refractivity contribution in [2.24, 2.45) is 0 Å². The molecule has 0 unspecified atom stereocenters. The number of nitrogens with zero attached hydrogens (tertiary/aromatic N) is 4. The molecule has 1 aromatic heterocycles. The number of aromatic nitrogens is 3. The van der Waals surface area contributed by atoms with Gasteiger partial charge in [-0.15, -0.1) is 5.10 Å². The lowest BCUT2D eigenvalue weighted by molar-refractivity contribution is -0.384.